The van der Waals surface area contributed by atoms with Gasteiger partial charge in [-0.25, -0.2) is 9.99 Å². The Balaban J connectivity index is 1.64. The maximum Gasteiger partial charge on any atom is 0.261 e. The molecule has 2 aromatic rings. The monoisotopic (exact) mass is 330 g/mol. The van der Waals surface area contributed by atoms with Crippen molar-refractivity contribution in [2.75, 3.05) is 33.2 Å². The van der Waals surface area contributed by atoms with Gasteiger partial charge in [0, 0.05) is 19.9 Å². The summed E-state index contributed by atoms with van der Waals surface area (Å²) in [7, 11) is 3.86. The smallest absolute Gasteiger partial charge is 0.261 e. The van der Waals surface area contributed by atoms with Crippen LogP contribution >= 0.6 is 0 Å². The molecule has 0 aliphatic carbocycles. The van der Waals surface area contributed by atoms with Gasteiger partial charge in [0.15, 0.2) is 0 Å². The van der Waals surface area contributed by atoms with Gasteiger partial charge in [0.2, 0.25) is 5.91 Å². The van der Waals surface area contributed by atoms with Crippen molar-refractivity contribution in [2.45, 2.75) is 12.8 Å². The van der Waals surface area contributed by atoms with E-state index in [2.05, 4.69) is 17.5 Å². The summed E-state index contributed by atoms with van der Waals surface area (Å²) in [4.78, 5) is 30.5. The lowest BCUT2D eigenvalue weighted by Gasteiger charge is -2.30. The summed E-state index contributed by atoms with van der Waals surface area (Å²) in [6.45, 7) is 3.79. The zero-order valence-corrected chi connectivity index (χ0v) is 14.2. The molecular formula is C17H24N5O2+. The first-order chi connectivity index (χ1) is 11.5. The van der Waals surface area contributed by atoms with Crippen LogP contribution in [0.5, 0.6) is 0 Å². The number of carbonyl (C=O) groups is 1. The van der Waals surface area contributed by atoms with E-state index in [0.29, 0.717) is 29.6 Å². The van der Waals surface area contributed by atoms with E-state index in [9.17, 15) is 9.59 Å². The van der Waals surface area contributed by atoms with Crippen molar-refractivity contribution in [3.05, 3.63) is 40.4 Å². The minimum atomic E-state index is -0.0712. The second-order valence-corrected chi connectivity index (χ2v) is 6.39. The number of nitrogens with zero attached hydrogens (tertiary/aromatic N) is 3. The highest BCUT2D eigenvalue weighted by Gasteiger charge is 2.18. The fraction of sp³-hybridized carbons (Fsp3) is 0.471. The number of hydrogen-bond acceptors (Lipinski definition) is 4. The van der Waals surface area contributed by atoms with Gasteiger partial charge in [-0.05, 0) is 12.1 Å². The van der Waals surface area contributed by atoms with E-state index >= 15 is 0 Å². The van der Waals surface area contributed by atoms with Crippen LogP contribution in [0.1, 0.15) is 12.2 Å². The number of amides is 1. The van der Waals surface area contributed by atoms with Gasteiger partial charge in [-0.2, -0.15) is 0 Å². The first-order valence-electron chi connectivity index (χ1n) is 8.35. The van der Waals surface area contributed by atoms with E-state index in [0.717, 1.165) is 26.2 Å². The molecule has 128 valence electrons. The first-order valence-corrected chi connectivity index (χ1v) is 8.35. The molecule has 0 spiro atoms. The number of fused-ring (bicyclic) bond motifs is 1. The zero-order valence-electron chi connectivity index (χ0n) is 14.2. The lowest BCUT2D eigenvalue weighted by Crippen LogP contribution is -3.12. The van der Waals surface area contributed by atoms with Crippen LogP contribution in [0.25, 0.3) is 10.9 Å². The van der Waals surface area contributed by atoms with Crippen LogP contribution in [0.15, 0.2) is 29.1 Å². The van der Waals surface area contributed by atoms with Crippen molar-refractivity contribution in [1.82, 2.24) is 20.0 Å². The molecule has 1 fully saturated rings. The fourth-order valence-corrected chi connectivity index (χ4v) is 2.95. The third kappa shape index (κ3) is 3.63. The molecule has 7 nitrogen and oxygen atoms in total. The van der Waals surface area contributed by atoms with Crippen LogP contribution in [0, 0.1) is 0 Å². The molecule has 1 amide bonds. The summed E-state index contributed by atoms with van der Waals surface area (Å²) in [5, 5.41) is 2.58. The average molecular weight is 330 g/mol. The lowest BCUT2D eigenvalue weighted by atomic mass is 10.2. The molecule has 2 N–H and O–H groups in total. The second-order valence-electron chi connectivity index (χ2n) is 6.39. The molecule has 0 saturated carbocycles. The van der Waals surface area contributed by atoms with Crippen LogP contribution in [-0.2, 0) is 18.3 Å². The van der Waals surface area contributed by atoms with Crippen LogP contribution in [0.4, 0.5) is 0 Å². The molecule has 0 radical (unpaired) electrons. The number of rotatable bonds is 4. The number of para-hydroxylation sites is 1. The highest BCUT2D eigenvalue weighted by Crippen LogP contribution is 2.08. The van der Waals surface area contributed by atoms with Crippen molar-refractivity contribution >= 4 is 16.8 Å². The van der Waals surface area contributed by atoms with Gasteiger partial charge in [0.05, 0.1) is 44.1 Å². The summed E-state index contributed by atoms with van der Waals surface area (Å²) in [6.07, 6.45) is 0.763. The van der Waals surface area contributed by atoms with Gasteiger partial charge in [0.25, 0.3) is 5.56 Å². The number of quaternary nitrogens is 1. The fourth-order valence-electron chi connectivity index (χ4n) is 2.95. The van der Waals surface area contributed by atoms with E-state index in [1.54, 1.807) is 13.1 Å². The normalized spacial score (nSPS) is 16.4. The predicted molar refractivity (Wildman–Crippen MR) is 91.6 cm³/mol. The Kier molecular flexibility index (Phi) is 4.92. The summed E-state index contributed by atoms with van der Waals surface area (Å²) >= 11 is 0. The van der Waals surface area contributed by atoms with Crippen LogP contribution in [0.3, 0.4) is 0 Å². The Labute approximate surface area is 140 Å². The highest BCUT2D eigenvalue weighted by atomic mass is 16.2. The van der Waals surface area contributed by atoms with Crippen molar-refractivity contribution in [2.24, 2.45) is 7.05 Å². The van der Waals surface area contributed by atoms with Gasteiger partial charge in [-0.15, -0.1) is 0 Å². The van der Waals surface area contributed by atoms with E-state index < -0.39 is 0 Å². The topological polar surface area (TPSA) is 71.7 Å². The molecule has 24 heavy (non-hydrogen) atoms. The highest BCUT2D eigenvalue weighted by molar-refractivity contribution is 5.78. The van der Waals surface area contributed by atoms with Crippen LogP contribution < -0.4 is 15.9 Å². The first kappa shape index (κ1) is 16.6. The quantitative estimate of drug-likeness (QED) is 0.733. The van der Waals surface area contributed by atoms with Crippen LogP contribution in [0.2, 0.25) is 0 Å². The molecule has 1 aromatic heterocycles. The molecular weight excluding hydrogens is 306 g/mol. The van der Waals surface area contributed by atoms with Crippen molar-refractivity contribution in [3.63, 3.8) is 0 Å². The van der Waals surface area contributed by atoms with Gasteiger partial charge >= 0.3 is 0 Å². The van der Waals surface area contributed by atoms with E-state index in [-0.39, 0.29) is 11.5 Å². The maximum absolute atomic E-state index is 12.4. The van der Waals surface area contributed by atoms with Crippen LogP contribution in [-0.4, -0.2) is 53.7 Å². The summed E-state index contributed by atoms with van der Waals surface area (Å²) in [5.41, 5.74) is 3.55. The van der Waals surface area contributed by atoms with E-state index in [1.165, 1.54) is 9.47 Å². The molecule has 1 aromatic carbocycles. The Hall–Kier alpha value is -2.25. The minimum absolute atomic E-state index is 0.0306. The second kappa shape index (κ2) is 7.11. The van der Waals surface area contributed by atoms with Gasteiger partial charge in [-0.3, -0.25) is 19.6 Å². The number of hydrazine groups is 1. The molecule has 2 heterocycles. The number of benzene rings is 1. The third-order valence-corrected chi connectivity index (χ3v) is 4.55. The SMILES string of the molecule is Cn1c(CCC(=O)NN2CC[NH+](C)CC2)nc2ccccc2c1=O. The number of hydrogen-bond donors (Lipinski definition) is 2. The average Bonchev–Trinajstić information content (AvgIpc) is 2.59. The molecule has 0 bridgehead atoms. The lowest BCUT2D eigenvalue weighted by molar-refractivity contribution is -0.884. The summed E-state index contributed by atoms with van der Waals surface area (Å²) in [6, 6.07) is 7.29. The number of aryl methyl sites for hydroxylation is 1. The van der Waals surface area contributed by atoms with E-state index in [4.69, 9.17) is 0 Å². The molecule has 0 unspecified atom stereocenters. The number of carbonyl (C=O) groups excluding carboxylic acids is 1. The van der Waals surface area contributed by atoms with Gasteiger partial charge in [-0.1, -0.05) is 12.1 Å². The van der Waals surface area contributed by atoms with Crippen molar-refractivity contribution in [3.8, 4) is 0 Å². The van der Waals surface area contributed by atoms with Crippen molar-refractivity contribution in [1.29, 1.82) is 0 Å². The summed E-state index contributed by atoms with van der Waals surface area (Å²) < 4.78 is 1.54. The minimum Gasteiger partial charge on any atom is -0.335 e. The van der Waals surface area contributed by atoms with E-state index in [1.807, 2.05) is 23.2 Å². The third-order valence-electron chi connectivity index (χ3n) is 4.55. The number of nitrogens with one attached hydrogen (secondary N) is 2. The standard InChI is InChI=1S/C17H23N5O2/c1-20-9-11-22(12-10-20)19-16(23)8-7-15-18-14-6-4-3-5-13(14)17(24)21(15)2/h3-6H,7-12H2,1-2H3,(H,19,23)/p+1. The molecule has 0 atom stereocenters. The Morgan fingerprint density at radius 2 is 2.00 bits per heavy atom. The largest absolute Gasteiger partial charge is 0.335 e. The van der Waals surface area contributed by atoms with Gasteiger partial charge < -0.3 is 4.90 Å². The van der Waals surface area contributed by atoms with Crippen molar-refractivity contribution < 1.29 is 9.69 Å². The summed E-state index contributed by atoms with van der Waals surface area (Å²) in [5.74, 6) is 0.605. The number of piperazine rings is 1. The number of aromatic nitrogens is 2. The predicted octanol–water partition coefficient (Wildman–Crippen LogP) is -1.27. The molecule has 1 aliphatic rings. The maximum atomic E-state index is 12.4. The molecule has 7 heteroatoms. The van der Waals surface area contributed by atoms with Gasteiger partial charge in [0.1, 0.15) is 5.82 Å². The molecule has 3 rings (SSSR count). The Bertz CT molecular complexity index is 793. The Morgan fingerprint density at radius 1 is 1.29 bits per heavy atom. The zero-order chi connectivity index (χ0) is 17.1. The molecule has 1 aliphatic heterocycles. The molecule has 1 saturated heterocycles. The number of likely N-dealkylation sites (N-methyl/N-ethyl adjacent to an activating group) is 1. The Morgan fingerprint density at radius 3 is 2.75 bits per heavy atom.